The fraction of sp³-hybridized carbons (Fsp3) is 0.444. The molecule has 0 spiro atoms. The lowest BCUT2D eigenvalue weighted by molar-refractivity contribution is 0.0562. The first kappa shape index (κ1) is 10.3. The van der Waals surface area contributed by atoms with Crippen molar-refractivity contribution in [3.63, 3.8) is 0 Å². The Bertz CT molecular complexity index is 362. The van der Waals surface area contributed by atoms with E-state index in [2.05, 4.69) is 15.3 Å². The molecule has 0 aliphatic heterocycles. The molecule has 1 saturated carbocycles. The Hall–Kier alpha value is -1.20. The average molecular weight is 228 g/mol. The second kappa shape index (κ2) is 4.12. The fourth-order valence-corrected chi connectivity index (χ4v) is 1.50. The number of aliphatic hydroxyl groups excluding tert-OH is 1. The van der Waals surface area contributed by atoms with Crippen molar-refractivity contribution >= 4 is 17.5 Å². The van der Waals surface area contributed by atoms with Gasteiger partial charge in [0.15, 0.2) is 0 Å². The molecular weight excluding hydrogens is 218 g/mol. The van der Waals surface area contributed by atoms with E-state index in [0.29, 0.717) is 18.4 Å². The SMILES string of the molecule is O=C(NC1CC(O)C1)c1cnc(Cl)nc1. The second-order valence-electron chi connectivity index (χ2n) is 3.54. The molecule has 5 nitrogen and oxygen atoms in total. The van der Waals surface area contributed by atoms with Crippen molar-refractivity contribution in [1.82, 2.24) is 15.3 Å². The van der Waals surface area contributed by atoms with Gasteiger partial charge in [-0.05, 0) is 24.4 Å². The molecule has 0 radical (unpaired) electrons. The number of nitrogens with zero attached hydrogens (tertiary/aromatic N) is 2. The second-order valence-corrected chi connectivity index (χ2v) is 3.87. The highest BCUT2D eigenvalue weighted by Gasteiger charge is 2.28. The van der Waals surface area contributed by atoms with Gasteiger partial charge in [0.1, 0.15) is 0 Å². The summed E-state index contributed by atoms with van der Waals surface area (Å²) in [6, 6.07) is 0.0585. The molecule has 1 aliphatic rings. The van der Waals surface area contributed by atoms with E-state index >= 15 is 0 Å². The lowest BCUT2D eigenvalue weighted by Gasteiger charge is -2.31. The Kier molecular flexibility index (Phi) is 2.83. The summed E-state index contributed by atoms with van der Waals surface area (Å²) in [5.41, 5.74) is 0.376. The van der Waals surface area contributed by atoms with Gasteiger partial charge in [0.05, 0.1) is 11.7 Å². The molecule has 80 valence electrons. The maximum atomic E-state index is 11.6. The lowest BCUT2D eigenvalue weighted by Crippen LogP contribution is -2.46. The van der Waals surface area contributed by atoms with Crippen LogP contribution in [0.25, 0.3) is 0 Å². The lowest BCUT2D eigenvalue weighted by atomic mass is 9.89. The Morgan fingerprint density at radius 2 is 2.07 bits per heavy atom. The number of hydrogen-bond donors (Lipinski definition) is 2. The summed E-state index contributed by atoms with van der Waals surface area (Å²) >= 11 is 5.49. The fourth-order valence-electron chi connectivity index (χ4n) is 1.40. The standard InChI is InChI=1S/C9H10ClN3O2/c10-9-11-3-5(4-12-9)8(15)13-6-1-7(14)2-6/h3-4,6-7,14H,1-2H2,(H,13,15). The first-order valence-electron chi connectivity index (χ1n) is 4.61. The first-order valence-corrected chi connectivity index (χ1v) is 4.99. The summed E-state index contributed by atoms with van der Waals surface area (Å²) in [6.07, 6.45) is 3.69. The van der Waals surface area contributed by atoms with Crippen molar-refractivity contribution in [3.05, 3.63) is 23.2 Å². The number of aromatic nitrogens is 2. The molecule has 0 unspecified atom stereocenters. The quantitative estimate of drug-likeness (QED) is 0.717. The highest BCUT2D eigenvalue weighted by Crippen LogP contribution is 2.19. The molecule has 0 bridgehead atoms. The van der Waals surface area contributed by atoms with Crippen molar-refractivity contribution in [1.29, 1.82) is 0 Å². The first-order chi connectivity index (χ1) is 7.15. The van der Waals surface area contributed by atoms with Gasteiger partial charge in [-0.15, -0.1) is 0 Å². The van der Waals surface area contributed by atoms with E-state index in [1.165, 1.54) is 12.4 Å². The third-order valence-electron chi connectivity index (χ3n) is 2.33. The molecule has 0 aromatic carbocycles. The van der Waals surface area contributed by atoms with Crippen LogP contribution in [0.1, 0.15) is 23.2 Å². The molecule has 2 rings (SSSR count). The van der Waals surface area contributed by atoms with Crippen LogP contribution >= 0.6 is 11.6 Å². The maximum absolute atomic E-state index is 11.6. The van der Waals surface area contributed by atoms with Gasteiger partial charge in [0.25, 0.3) is 5.91 Å². The van der Waals surface area contributed by atoms with Crippen LogP contribution in [0.4, 0.5) is 0 Å². The molecule has 1 aliphatic carbocycles. The van der Waals surface area contributed by atoms with Crippen molar-refractivity contribution < 1.29 is 9.90 Å². The van der Waals surface area contributed by atoms with Crippen molar-refractivity contribution in [2.75, 3.05) is 0 Å². The number of amides is 1. The number of aliphatic hydroxyl groups is 1. The number of rotatable bonds is 2. The van der Waals surface area contributed by atoms with Crippen molar-refractivity contribution in [2.45, 2.75) is 25.0 Å². The van der Waals surface area contributed by atoms with Gasteiger partial charge >= 0.3 is 0 Å². The van der Waals surface area contributed by atoms with Crippen LogP contribution in [0.3, 0.4) is 0 Å². The minimum Gasteiger partial charge on any atom is -0.393 e. The Morgan fingerprint density at radius 3 is 2.60 bits per heavy atom. The predicted molar refractivity (Wildman–Crippen MR) is 53.5 cm³/mol. The molecule has 0 atom stereocenters. The molecule has 15 heavy (non-hydrogen) atoms. The van der Waals surface area contributed by atoms with Crippen LogP contribution in [0, 0.1) is 0 Å². The van der Waals surface area contributed by atoms with Gasteiger partial charge in [-0.1, -0.05) is 0 Å². The zero-order valence-electron chi connectivity index (χ0n) is 7.85. The molecule has 0 saturated heterocycles. The molecule has 1 fully saturated rings. The molecule has 1 aromatic rings. The molecule has 1 amide bonds. The van der Waals surface area contributed by atoms with Crippen molar-refractivity contribution in [3.8, 4) is 0 Å². The van der Waals surface area contributed by atoms with Gasteiger partial charge in [-0.2, -0.15) is 0 Å². The zero-order valence-corrected chi connectivity index (χ0v) is 8.61. The van der Waals surface area contributed by atoms with E-state index < -0.39 is 0 Å². The molecular formula is C9H10ClN3O2. The molecule has 2 N–H and O–H groups in total. The van der Waals surface area contributed by atoms with Crippen LogP contribution in [0.5, 0.6) is 0 Å². The topological polar surface area (TPSA) is 75.1 Å². The summed E-state index contributed by atoms with van der Waals surface area (Å²) in [4.78, 5) is 19.0. The number of carbonyl (C=O) groups is 1. The summed E-state index contributed by atoms with van der Waals surface area (Å²) in [6.45, 7) is 0. The van der Waals surface area contributed by atoms with E-state index in [0.717, 1.165) is 0 Å². The molecule has 1 heterocycles. The van der Waals surface area contributed by atoms with Crippen LogP contribution in [-0.4, -0.2) is 33.1 Å². The van der Waals surface area contributed by atoms with Gasteiger partial charge in [-0.25, -0.2) is 9.97 Å². The summed E-state index contributed by atoms with van der Waals surface area (Å²) in [7, 11) is 0. The third kappa shape index (κ3) is 2.43. The third-order valence-corrected chi connectivity index (χ3v) is 2.53. The summed E-state index contributed by atoms with van der Waals surface area (Å²) < 4.78 is 0. The highest BCUT2D eigenvalue weighted by atomic mass is 35.5. The summed E-state index contributed by atoms with van der Waals surface area (Å²) in [5, 5.41) is 11.9. The van der Waals surface area contributed by atoms with Gasteiger partial charge in [0.2, 0.25) is 5.28 Å². The minimum atomic E-state index is -0.281. The number of nitrogens with one attached hydrogen (secondary N) is 1. The Balaban J connectivity index is 1.93. The Labute approximate surface area is 91.5 Å². The van der Waals surface area contributed by atoms with E-state index in [1.54, 1.807) is 0 Å². The Morgan fingerprint density at radius 1 is 1.47 bits per heavy atom. The van der Waals surface area contributed by atoms with Gasteiger partial charge in [-0.3, -0.25) is 4.79 Å². The smallest absolute Gasteiger partial charge is 0.254 e. The normalized spacial score (nSPS) is 24.4. The van der Waals surface area contributed by atoms with Gasteiger partial charge < -0.3 is 10.4 Å². The van der Waals surface area contributed by atoms with Crippen LogP contribution in [-0.2, 0) is 0 Å². The van der Waals surface area contributed by atoms with Crippen molar-refractivity contribution in [2.24, 2.45) is 0 Å². The van der Waals surface area contributed by atoms with Crippen LogP contribution < -0.4 is 5.32 Å². The van der Waals surface area contributed by atoms with Crippen LogP contribution in [0.2, 0.25) is 5.28 Å². The monoisotopic (exact) mass is 227 g/mol. The van der Waals surface area contributed by atoms with E-state index in [9.17, 15) is 4.79 Å². The number of halogens is 1. The zero-order chi connectivity index (χ0) is 10.8. The summed E-state index contributed by atoms with van der Waals surface area (Å²) in [5.74, 6) is -0.233. The maximum Gasteiger partial charge on any atom is 0.254 e. The number of hydrogen-bond acceptors (Lipinski definition) is 4. The van der Waals surface area contributed by atoms with E-state index in [1.807, 2.05) is 0 Å². The molecule has 6 heteroatoms. The minimum absolute atomic E-state index is 0.0585. The van der Waals surface area contributed by atoms with E-state index in [4.69, 9.17) is 16.7 Å². The molecule has 1 aromatic heterocycles. The number of carbonyl (C=O) groups excluding carboxylic acids is 1. The van der Waals surface area contributed by atoms with E-state index in [-0.39, 0.29) is 23.3 Å². The highest BCUT2D eigenvalue weighted by molar-refractivity contribution is 6.28. The van der Waals surface area contributed by atoms with Crippen LogP contribution in [0.15, 0.2) is 12.4 Å². The average Bonchev–Trinajstić information content (AvgIpc) is 2.16. The van der Waals surface area contributed by atoms with Gasteiger partial charge in [0, 0.05) is 18.4 Å². The predicted octanol–water partition coefficient (Wildman–Crippen LogP) is 0.383. The largest absolute Gasteiger partial charge is 0.393 e.